The molecule has 0 spiro atoms. The molecule has 2 heterocycles. The third kappa shape index (κ3) is 3.82. The number of benzene rings is 1. The smallest absolute Gasteiger partial charge is 0.397 e. The van der Waals surface area contributed by atoms with Crippen LogP contribution in [0.4, 0.5) is 37.7 Å². The predicted octanol–water partition coefficient (Wildman–Crippen LogP) is 5.17. The summed E-state index contributed by atoms with van der Waals surface area (Å²) < 4.78 is 76.4. The lowest BCUT2D eigenvalue weighted by Gasteiger charge is -2.09. The van der Waals surface area contributed by atoms with Gasteiger partial charge in [-0.25, -0.2) is 4.98 Å². The number of thiophene rings is 1. The summed E-state index contributed by atoms with van der Waals surface area (Å²) in [6, 6.07) is 5.77. The van der Waals surface area contributed by atoms with Gasteiger partial charge >= 0.3 is 12.4 Å². The molecule has 3 N–H and O–H groups in total. The number of hydrogen-bond donors (Lipinski definition) is 2. The van der Waals surface area contributed by atoms with Crippen molar-refractivity contribution in [3.63, 3.8) is 0 Å². The first-order chi connectivity index (χ1) is 12.5. The molecule has 27 heavy (non-hydrogen) atoms. The average Bonchev–Trinajstić information content (AvgIpc) is 2.90. The minimum atomic E-state index is -4.66. The summed E-state index contributed by atoms with van der Waals surface area (Å²) in [4.78, 5) is 15.5. The van der Waals surface area contributed by atoms with Crippen LogP contribution >= 0.6 is 11.3 Å². The fraction of sp³-hybridized carbons (Fsp3) is 0.125. The van der Waals surface area contributed by atoms with Gasteiger partial charge in [-0.1, -0.05) is 6.07 Å². The van der Waals surface area contributed by atoms with Crippen molar-refractivity contribution in [3.8, 4) is 0 Å². The van der Waals surface area contributed by atoms with Gasteiger partial charge in [0.1, 0.15) is 15.4 Å². The molecule has 3 aromatic rings. The van der Waals surface area contributed by atoms with E-state index in [0.717, 1.165) is 30.3 Å². The Labute approximate surface area is 151 Å². The number of hydrogen-bond acceptors (Lipinski definition) is 4. The molecule has 0 unspecified atom stereocenters. The summed E-state index contributed by atoms with van der Waals surface area (Å²) >= 11 is 0.621. The Bertz CT molecular complexity index is 1030. The fourth-order valence-electron chi connectivity index (χ4n) is 2.28. The van der Waals surface area contributed by atoms with Crippen LogP contribution in [0.2, 0.25) is 0 Å². The second kappa shape index (κ2) is 6.41. The molecule has 2 aromatic heterocycles. The van der Waals surface area contributed by atoms with Crippen LogP contribution in [0, 0.1) is 0 Å². The average molecular weight is 405 g/mol. The SMILES string of the molecule is Nc1c(C(=O)Nc2cccc(C(F)(F)F)c2)sc2nc(C(F)(F)F)ccc12. The lowest BCUT2D eigenvalue weighted by molar-refractivity contribution is -0.141. The van der Waals surface area contributed by atoms with Crippen molar-refractivity contribution < 1.29 is 31.1 Å². The number of carbonyl (C=O) groups is 1. The normalized spacial score (nSPS) is 12.4. The van der Waals surface area contributed by atoms with Gasteiger partial charge in [-0.05, 0) is 30.3 Å². The topological polar surface area (TPSA) is 68.0 Å². The van der Waals surface area contributed by atoms with Gasteiger partial charge in [0.15, 0.2) is 0 Å². The highest BCUT2D eigenvalue weighted by molar-refractivity contribution is 7.21. The number of amides is 1. The Morgan fingerprint density at radius 1 is 1.04 bits per heavy atom. The van der Waals surface area contributed by atoms with Crippen molar-refractivity contribution in [2.75, 3.05) is 11.1 Å². The van der Waals surface area contributed by atoms with Crippen molar-refractivity contribution in [1.82, 2.24) is 4.98 Å². The highest BCUT2D eigenvalue weighted by Gasteiger charge is 2.33. The number of nitrogen functional groups attached to an aromatic ring is 1. The number of anilines is 2. The fourth-order valence-corrected chi connectivity index (χ4v) is 3.27. The molecule has 0 aliphatic heterocycles. The van der Waals surface area contributed by atoms with Gasteiger partial charge in [0.2, 0.25) is 0 Å². The molecule has 142 valence electrons. The summed E-state index contributed by atoms with van der Waals surface area (Å²) in [5.74, 6) is -0.844. The molecule has 0 radical (unpaired) electrons. The van der Waals surface area contributed by atoms with Gasteiger partial charge in [-0.2, -0.15) is 26.3 Å². The second-order valence-corrected chi connectivity index (χ2v) is 6.42. The van der Waals surface area contributed by atoms with Gasteiger partial charge in [-0.3, -0.25) is 4.79 Å². The zero-order valence-electron chi connectivity index (χ0n) is 13.1. The van der Waals surface area contributed by atoms with E-state index in [9.17, 15) is 31.1 Å². The maximum atomic E-state index is 12.7. The molecule has 3 rings (SSSR count). The van der Waals surface area contributed by atoms with E-state index in [0.29, 0.717) is 11.3 Å². The molecule has 0 saturated heterocycles. The van der Waals surface area contributed by atoms with Crippen LogP contribution in [-0.2, 0) is 12.4 Å². The molecule has 1 aromatic carbocycles. The van der Waals surface area contributed by atoms with Crippen LogP contribution in [0.25, 0.3) is 10.2 Å². The highest BCUT2D eigenvalue weighted by atomic mass is 32.1. The van der Waals surface area contributed by atoms with E-state index >= 15 is 0 Å². The van der Waals surface area contributed by atoms with Gasteiger partial charge in [-0.15, -0.1) is 11.3 Å². The predicted molar refractivity (Wildman–Crippen MR) is 88.4 cm³/mol. The number of nitrogens with one attached hydrogen (secondary N) is 1. The molecule has 1 amide bonds. The first-order valence-electron chi connectivity index (χ1n) is 7.21. The zero-order valence-corrected chi connectivity index (χ0v) is 13.9. The number of nitrogens with two attached hydrogens (primary N) is 1. The van der Waals surface area contributed by atoms with E-state index < -0.39 is 29.5 Å². The number of rotatable bonds is 2. The van der Waals surface area contributed by atoms with E-state index in [1.807, 2.05) is 0 Å². The molecule has 0 bridgehead atoms. The Morgan fingerprint density at radius 3 is 2.37 bits per heavy atom. The van der Waals surface area contributed by atoms with E-state index in [1.165, 1.54) is 6.07 Å². The maximum Gasteiger partial charge on any atom is 0.433 e. The van der Waals surface area contributed by atoms with Crippen LogP contribution < -0.4 is 11.1 Å². The van der Waals surface area contributed by atoms with E-state index in [-0.39, 0.29) is 26.5 Å². The van der Waals surface area contributed by atoms with Crippen molar-refractivity contribution in [1.29, 1.82) is 0 Å². The number of nitrogens with zero attached hydrogens (tertiary/aromatic N) is 1. The molecule has 4 nitrogen and oxygen atoms in total. The lowest BCUT2D eigenvalue weighted by Crippen LogP contribution is -2.13. The standard InChI is InChI=1S/C16H9F6N3OS/c17-15(18,19)7-2-1-3-8(6-7)24-13(26)12-11(23)9-4-5-10(16(20,21)22)25-14(9)27-12/h1-6H,23H2,(H,24,26). The Balaban J connectivity index is 1.93. The monoisotopic (exact) mass is 405 g/mol. The summed E-state index contributed by atoms with van der Waals surface area (Å²) in [5, 5.41) is 2.41. The summed E-state index contributed by atoms with van der Waals surface area (Å²) in [6.07, 6.45) is -9.25. The minimum absolute atomic E-state index is 0.0966. The molecular formula is C16H9F6N3OS. The quantitative estimate of drug-likeness (QED) is 0.578. The first kappa shape index (κ1) is 19.0. The maximum absolute atomic E-state index is 12.7. The largest absolute Gasteiger partial charge is 0.433 e. The van der Waals surface area contributed by atoms with E-state index in [4.69, 9.17) is 5.73 Å². The van der Waals surface area contributed by atoms with Crippen molar-refractivity contribution in [2.24, 2.45) is 0 Å². The van der Waals surface area contributed by atoms with Crippen LogP contribution in [-0.4, -0.2) is 10.9 Å². The number of carbonyl (C=O) groups excluding carboxylic acids is 1. The zero-order chi connectivity index (χ0) is 20.0. The minimum Gasteiger partial charge on any atom is -0.397 e. The molecule has 0 aliphatic carbocycles. The number of fused-ring (bicyclic) bond motifs is 1. The highest BCUT2D eigenvalue weighted by Crippen LogP contribution is 2.36. The number of alkyl halides is 6. The Kier molecular flexibility index (Phi) is 4.50. The Hall–Kier alpha value is -2.82. The Morgan fingerprint density at radius 2 is 1.74 bits per heavy atom. The number of halogens is 6. The van der Waals surface area contributed by atoms with Gasteiger partial charge < -0.3 is 11.1 Å². The van der Waals surface area contributed by atoms with E-state index in [1.54, 1.807) is 0 Å². The first-order valence-corrected chi connectivity index (χ1v) is 8.03. The third-order valence-corrected chi connectivity index (χ3v) is 4.65. The van der Waals surface area contributed by atoms with Gasteiger partial charge in [0.05, 0.1) is 11.3 Å². The molecule has 0 aliphatic rings. The van der Waals surface area contributed by atoms with E-state index in [2.05, 4.69) is 10.3 Å². The van der Waals surface area contributed by atoms with Gasteiger partial charge in [0.25, 0.3) is 5.91 Å². The van der Waals surface area contributed by atoms with Crippen LogP contribution in [0.3, 0.4) is 0 Å². The number of pyridine rings is 1. The molecular weight excluding hydrogens is 396 g/mol. The molecule has 11 heteroatoms. The van der Waals surface area contributed by atoms with Crippen molar-refractivity contribution in [2.45, 2.75) is 12.4 Å². The van der Waals surface area contributed by atoms with Gasteiger partial charge in [0, 0.05) is 11.1 Å². The van der Waals surface area contributed by atoms with Crippen LogP contribution in [0.15, 0.2) is 36.4 Å². The molecule has 0 fully saturated rings. The summed E-state index contributed by atoms with van der Waals surface area (Å²) in [7, 11) is 0. The van der Waals surface area contributed by atoms with Crippen molar-refractivity contribution in [3.05, 3.63) is 52.5 Å². The lowest BCUT2D eigenvalue weighted by atomic mass is 10.2. The van der Waals surface area contributed by atoms with Crippen molar-refractivity contribution >= 4 is 38.8 Å². The molecule has 0 atom stereocenters. The summed E-state index contributed by atoms with van der Waals surface area (Å²) in [6.45, 7) is 0. The van der Waals surface area contributed by atoms with Crippen LogP contribution in [0.5, 0.6) is 0 Å². The van der Waals surface area contributed by atoms with Crippen LogP contribution in [0.1, 0.15) is 20.9 Å². The third-order valence-electron chi connectivity index (χ3n) is 3.54. The summed E-state index contributed by atoms with van der Waals surface area (Å²) in [5.41, 5.74) is 3.48. The second-order valence-electron chi connectivity index (χ2n) is 5.42. The molecule has 0 saturated carbocycles. The number of aromatic nitrogens is 1.